The average Bonchev–Trinajstić information content (AvgIpc) is 1.96. The molecule has 0 atom stereocenters. The number of aromatic amines is 1. The van der Waals surface area contributed by atoms with Crippen molar-refractivity contribution in [2.45, 2.75) is 0 Å². The van der Waals surface area contributed by atoms with E-state index in [1.165, 1.54) is 4.57 Å². The van der Waals surface area contributed by atoms with Crippen molar-refractivity contribution in [2.75, 3.05) is 19.0 Å². The van der Waals surface area contributed by atoms with Gasteiger partial charge >= 0.3 is 11.4 Å². The molecule has 0 aliphatic rings. The van der Waals surface area contributed by atoms with Crippen LogP contribution in [0.4, 0.5) is 5.95 Å². The fourth-order valence-corrected chi connectivity index (χ4v) is 0.860. The van der Waals surface area contributed by atoms with Gasteiger partial charge in [0.15, 0.2) is 0 Å². The highest BCUT2D eigenvalue weighted by Gasteiger charge is 2.04. The maximum Gasteiger partial charge on any atom is 0.352 e. The molecular weight excluding hydrogens is 160 g/mol. The minimum absolute atomic E-state index is 0.337. The summed E-state index contributed by atoms with van der Waals surface area (Å²) in [7, 11) is 4.96. The lowest BCUT2D eigenvalue weighted by atomic mass is 10.7. The summed E-state index contributed by atoms with van der Waals surface area (Å²) in [6, 6.07) is 0. The Labute approximate surface area is 68.5 Å². The molecule has 0 aliphatic carbocycles. The molecule has 0 spiro atoms. The predicted octanol–water partition coefficient (Wildman–Crippen LogP) is -1.47. The first-order valence-corrected chi connectivity index (χ1v) is 3.37. The first-order chi connectivity index (χ1) is 5.52. The van der Waals surface area contributed by atoms with Crippen molar-refractivity contribution in [2.24, 2.45) is 7.05 Å². The quantitative estimate of drug-likeness (QED) is 0.559. The summed E-state index contributed by atoms with van der Waals surface area (Å²) in [4.78, 5) is 29.0. The van der Waals surface area contributed by atoms with Crippen LogP contribution in [-0.2, 0) is 7.05 Å². The van der Waals surface area contributed by atoms with Gasteiger partial charge in [-0.2, -0.15) is 4.98 Å². The third-order valence-corrected chi connectivity index (χ3v) is 1.42. The minimum atomic E-state index is -0.623. The van der Waals surface area contributed by atoms with Crippen molar-refractivity contribution < 1.29 is 0 Å². The molecule has 1 rings (SSSR count). The molecule has 0 aliphatic heterocycles. The third kappa shape index (κ3) is 1.36. The van der Waals surface area contributed by atoms with Crippen molar-refractivity contribution in [1.29, 1.82) is 0 Å². The van der Waals surface area contributed by atoms with Gasteiger partial charge in [0.05, 0.1) is 0 Å². The van der Waals surface area contributed by atoms with E-state index in [9.17, 15) is 9.59 Å². The van der Waals surface area contributed by atoms with Gasteiger partial charge in [0, 0.05) is 21.1 Å². The summed E-state index contributed by atoms with van der Waals surface area (Å²) in [5.74, 6) is 0.337. The van der Waals surface area contributed by atoms with Gasteiger partial charge in [-0.15, -0.1) is 0 Å². The molecule has 1 aromatic heterocycles. The molecule has 0 amide bonds. The van der Waals surface area contributed by atoms with E-state index in [1.807, 2.05) is 4.98 Å². The Kier molecular flexibility index (Phi) is 1.99. The molecule has 1 N–H and O–H groups in total. The predicted molar refractivity (Wildman–Crippen MR) is 44.4 cm³/mol. The van der Waals surface area contributed by atoms with E-state index in [4.69, 9.17) is 0 Å². The minimum Gasteiger partial charge on any atom is -0.348 e. The van der Waals surface area contributed by atoms with Gasteiger partial charge in [-0.25, -0.2) is 9.59 Å². The molecule has 0 aromatic carbocycles. The summed E-state index contributed by atoms with van der Waals surface area (Å²) in [6.07, 6.45) is 0. The SMILES string of the molecule is CN(C)c1nc(=O)[nH]c(=O)n1C. The first-order valence-electron chi connectivity index (χ1n) is 3.37. The highest BCUT2D eigenvalue weighted by atomic mass is 16.2. The van der Waals surface area contributed by atoms with Gasteiger partial charge in [0.25, 0.3) is 0 Å². The number of hydrogen-bond acceptors (Lipinski definition) is 4. The van der Waals surface area contributed by atoms with Crippen LogP contribution in [0, 0.1) is 0 Å². The Balaban J connectivity index is 3.49. The average molecular weight is 170 g/mol. The summed E-state index contributed by atoms with van der Waals surface area (Å²) in [6.45, 7) is 0. The van der Waals surface area contributed by atoms with Crippen molar-refractivity contribution >= 4 is 5.95 Å². The van der Waals surface area contributed by atoms with Crippen LogP contribution in [0.3, 0.4) is 0 Å². The molecule has 0 bridgehead atoms. The number of anilines is 1. The van der Waals surface area contributed by atoms with Crippen molar-refractivity contribution in [3.63, 3.8) is 0 Å². The number of hydrogen-bond donors (Lipinski definition) is 1. The van der Waals surface area contributed by atoms with Crippen molar-refractivity contribution in [1.82, 2.24) is 14.5 Å². The lowest BCUT2D eigenvalue weighted by molar-refractivity contribution is 0.734. The van der Waals surface area contributed by atoms with Crippen molar-refractivity contribution in [3.05, 3.63) is 21.0 Å². The molecular formula is C6H10N4O2. The fourth-order valence-electron chi connectivity index (χ4n) is 0.860. The zero-order chi connectivity index (χ0) is 9.30. The van der Waals surface area contributed by atoms with Gasteiger partial charge < -0.3 is 4.90 Å². The molecule has 12 heavy (non-hydrogen) atoms. The summed E-state index contributed by atoms with van der Waals surface area (Å²) in [5, 5.41) is 0. The molecule has 0 fully saturated rings. The maximum absolute atomic E-state index is 11.0. The van der Waals surface area contributed by atoms with Crippen LogP contribution in [0.2, 0.25) is 0 Å². The van der Waals surface area contributed by atoms with E-state index in [0.717, 1.165) is 0 Å². The number of rotatable bonds is 1. The van der Waals surface area contributed by atoms with Crippen LogP contribution in [0.15, 0.2) is 9.59 Å². The molecule has 1 aromatic rings. The summed E-state index contributed by atoms with van der Waals surface area (Å²) < 4.78 is 1.27. The molecule has 0 radical (unpaired) electrons. The molecule has 0 unspecified atom stereocenters. The molecule has 6 heteroatoms. The number of H-pyrrole nitrogens is 1. The van der Waals surface area contributed by atoms with Gasteiger partial charge in [0.1, 0.15) is 0 Å². The lowest BCUT2D eigenvalue weighted by Crippen LogP contribution is -2.34. The van der Waals surface area contributed by atoms with Crippen LogP contribution < -0.4 is 16.3 Å². The third-order valence-electron chi connectivity index (χ3n) is 1.42. The van der Waals surface area contributed by atoms with Crippen LogP contribution in [0.1, 0.15) is 0 Å². The molecule has 6 nitrogen and oxygen atoms in total. The molecule has 66 valence electrons. The first kappa shape index (κ1) is 8.51. The van der Waals surface area contributed by atoms with Crippen LogP contribution in [0.5, 0.6) is 0 Å². The lowest BCUT2D eigenvalue weighted by Gasteiger charge is -2.12. The summed E-state index contributed by atoms with van der Waals surface area (Å²) in [5.41, 5.74) is -1.08. The Morgan fingerprint density at radius 3 is 2.50 bits per heavy atom. The second kappa shape index (κ2) is 2.80. The number of nitrogens with zero attached hydrogens (tertiary/aromatic N) is 3. The molecule has 0 saturated heterocycles. The van der Waals surface area contributed by atoms with Crippen LogP contribution in [-0.4, -0.2) is 28.6 Å². The van der Waals surface area contributed by atoms with Gasteiger partial charge in [0.2, 0.25) is 5.95 Å². The van der Waals surface area contributed by atoms with Gasteiger partial charge in [-0.05, 0) is 0 Å². The number of aromatic nitrogens is 3. The van der Waals surface area contributed by atoms with E-state index in [0.29, 0.717) is 5.95 Å². The largest absolute Gasteiger partial charge is 0.352 e. The van der Waals surface area contributed by atoms with E-state index in [1.54, 1.807) is 26.0 Å². The second-order valence-electron chi connectivity index (χ2n) is 2.60. The fraction of sp³-hybridized carbons (Fsp3) is 0.500. The van der Waals surface area contributed by atoms with E-state index >= 15 is 0 Å². The standard InChI is InChI=1S/C6H10N4O2/c1-9(2)5-7-4(11)8-6(12)10(5)3/h1-3H3,(H,8,11,12). The molecule has 0 saturated carbocycles. The van der Waals surface area contributed by atoms with Crippen LogP contribution in [0.25, 0.3) is 0 Å². The normalized spacial score (nSPS) is 9.92. The smallest absolute Gasteiger partial charge is 0.348 e. The van der Waals surface area contributed by atoms with E-state index in [-0.39, 0.29) is 0 Å². The zero-order valence-corrected chi connectivity index (χ0v) is 7.16. The number of nitrogens with one attached hydrogen (secondary N) is 1. The highest BCUT2D eigenvalue weighted by molar-refractivity contribution is 5.25. The second-order valence-corrected chi connectivity index (χ2v) is 2.60. The molecule has 1 heterocycles. The zero-order valence-electron chi connectivity index (χ0n) is 7.16. The maximum atomic E-state index is 11.0. The highest BCUT2D eigenvalue weighted by Crippen LogP contribution is 1.96. The Morgan fingerprint density at radius 1 is 1.42 bits per heavy atom. The summed E-state index contributed by atoms with van der Waals surface area (Å²) >= 11 is 0. The Hall–Kier alpha value is -1.59. The Morgan fingerprint density at radius 2 is 2.00 bits per heavy atom. The van der Waals surface area contributed by atoms with Gasteiger partial charge in [-0.3, -0.25) is 9.55 Å². The van der Waals surface area contributed by atoms with Crippen molar-refractivity contribution in [3.8, 4) is 0 Å². The van der Waals surface area contributed by atoms with E-state index in [2.05, 4.69) is 4.98 Å². The van der Waals surface area contributed by atoms with Crippen LogP contribution >= 0.6 is 0 Å². The van der Waals surface area contributed by atoms with Gasteiger partial charge in [-0.1, -0.05) is 0 Å². The monoisotopic (exact) mass is 170 g/mol. The Bertz CT molecular complexity index is 389. The van der Waals surface area contributed by atoms with E-state index < -0.39 is 11.4 Å². The topological polar surface area (TPSA) is 71.0 Å².